The molecule has 0 radical (unpaired) electrons. The summed E-state index contributed by atoms with van der Waals surface area (Å²) >= 11 is 0. The molecule has 3 nitrogen and oxygen atoms in total. The number of likely N-dealkylation sites (tertiary alicyclic amines) is 1. The Hall–Kier alpha value is -0.590. The Kier molecular flexibility index (Phi) is 3.07. The van der Waals surface area contributed by atoms with E-state index in [4.69, 9.17) is 10.00 Å². The average molecular weight is 168 g/mol. The minimum atomic E-state index is -0.0326. The third-order valence-corrected chi connectivity index (χ3v) is 2.53. The topological polar surface area (TPSA) is 36.3 Å². The van der Waals surface area contributed by atoms with E-state index in [0.29, 0.717) is 6.54 Å². The lowest BCUT2D eigenvalue weighted by Crippen LogP contribution is -2.47. The van der Waals surface area contributed by atoms with E-state index in [0.717, 1.165) is 25.9 Å². The second kappa shape index (κ2) is 3.88. The Morgan fingerprint density at radius 2 is 2.42 bits per heavy atom. The molecule has 0 amide bonds. The molecule has 1 aliphatic heterocycles. The lowest BCUT2D eigenvalue weighted by molar-refractivity contribution is -0.0475. The molecule has 3 heteroatoms. The molecule has 0 aliphatic carbocycles. The molecule has 1 saturated heterocycles. The first kappa shape index (κ1) is 9.50. The van der Waals surface area contributed by atoms with Crippen molar-refractivity contribution >= 4 is 0 Å². The summed E-state index contributed by atoms with van der Waals surface area (Å²) in [6, 6.07) is 2.17. The summed E-state index contributed by atoms with van der Waals surface area (Å²) in [5.41, 5.74) is -0.0326. The Bertz CT molecular complexity index is 187. The number of hydrogen-bond acceptors (Lipinski definition) is 3. The van der Waals surface area contributed by atoms with E-state index in [1.807, 2.05) is 0 Å². The van der Waals surface area contributed by atoms with Gasteiger partial charge in [-0.1, -0.05) is 0 Å². The van der Waals surface area contributed by atoms with Gasteiger partial charge in [-0.25, -0.2) is 0 Å². The monoisotopic (exact) mass is 168 g/mol. The fourth-order valence-electron chi connectivity index (χ4n) is 1.71. The van der Waals surface area contributed by atoms with Crippen molar-refractivity contribution in [1.29, 1.82) is 5.26 Å². The van der Waals surface area contributed by atoms with Crippen molar-refractivity contribution in [2.24, 2.45) is 0 Å². The van der Waals surface area contributed by atoms with Crippen LogP contribution in [-0.2, 0) is 4.74 Å². The zero-order chi connectivity index (χ0) is 9.03. The van der Waals surface area contributed by atoms with Gasteiger partial charge < -0.3 is 4.74 Å². The van der Waals surface area contributed by atoms with Gasteiger partial charge in [0, 0.05) is 13.7 Å². The summed E-state index contributed by atoms with van der Waals surface area (Å²) in [6.45, 7) is 4.55. The third kappa shape index (κ3) is 2.20. The molecule has 0 aromatic carbocycles. The molecule has 0 aromatic rings. The van der Waals surface area contributed by atoms with E-state index in [2.05, 4.69) is 17.9 Å². The van der Waals surface area contributed by atoms with E-state index in [9.17, 15) is 0 Å². The molecule has 0 N–H and O–H groups in total. The summed E-state index contributed by atoms with van der Waals surface area (Å²) < 4.78 is 5.40. The Morgan fingerprint density at radius 3 is 3.00 bits per heavy atom. The van der Waals surface area contributed by atoms with Gasteiger partial charge in [-0.15, -0.1) is 0 Å². The predicted octanol–water partition coefficient (Wildman–Crippen LogP) is 1.01. The number of rotatable bonds is 2. The van der Waals surface area contributed by atoms with Crippen molar-refractivity contribution in [3.63, 3.8) is 0 Å². The third-order valence-electron chi connectivity index (χ3n) is 2.53. The molecule has 1 rings (SSSR count). The van der Waals surface area contributed by atoms with E-state index < -0.39 is 0 Å². The molecule has 1 unspecified atom stereocenters. The maximum Gasteiger partial charge on any atom is 0.0866 e. The largest absolute Gasteiger partial charge is 0.377 e. The van der Waals surface area contributed by atoms with Crippen LogP contribution in [0.3, 0.4) is 0 Å². The van der Waals surface area contributed by atoms with Crippen molar-refractivity contribution in [1.82, 2.24) is 4.90 Å². The summed E-state index contributed by atoms with van der Waals surface area (Å²) in [4.78, 5) is 2.15. The first-order valence-electron chi connectivity index (χ1n) is 4.35. The smallest absolute Gasteiger partial charge is 0.0866 e. The molecular weight excluding hydrogens is 152 g/mol. The van der Waals surface area contributed by atoms with Gasteiger partial charge >= 0.3 is 0 Å². The molecule has 0 bridgehead atoms. The lowest BCUT2D eigenvalue weighted by Gasteiger charge is -2.38. The van der Waals surface area contributed by atoms with Crippen molar-refractivity contribution in [3.8, 4) is 6.07 Å². The van der Waals surface area contributed by atoms with Gasteiger partial charge in [0.05, 0.1) is 18.2 Å². The SMILES string of the molecule is COC1(C)CCCN(CC#N)C1. The van der Waals surface area contributed by atoms with Crippen LogP contribution in [0.15, 0.2) is 0 Å². The van der Waals surface area contributed by atoms with Gasteiger partial charge in [-0.05, 0) is 26.3 Å². The van der Waals surface area contributed by atoms with E-state index in [1.165, 1.54) is 0 Å². The highest BCUT2D eigenvalue weighted by molar-refractivity contribution is 4.88. The van der Waals surface area contributed by atoms with E-state index in [-0.39, 0.29) is 5.60 Å². The van der Waals surface area contributed by atoms with Crippen LogP contribution in [-0.4, -0.2) is 37.2 Å². The highest BCUT2D eigenvalue weighted by Crippen LogP contribution is 2.23. The summed E-state index contributed by atoms with van der Waals surface area (Å²) in [6.07, 6.45) is 2.23. The average Bonchev–Trinajstić information content (AvgIpc) is 2.05. The molecule has 1 atom stereocenters. The summed E-state index contributed by atoms with van der Waals surface area (Å²) in [7, 11) is 1.75. The number of methoxy groups -OCH3 is 1. The van der Waals surface area contributed by atoms with Crippen LogP contribution in [0.1, 0.15) is 19.8 Å². The Morgan fingerprint density at radius 1 is 1.67 bits per heavy atom. The zero-order valence-electron chi connectivity index (χ0n) is 7.84. The number of hydrogen-bond donors (Lipinski definition) is 0. The Labute approximate surface area is 73.9 Å². The maximum absolute atomic E-state index is 8.53. The second-order valence-electron chi connectivity index (χ2n) is 3.63. The summed E-state index contributed by atoms with van der Waals surface area (Å²) in [5.74, 6) is 0. The van der Waals surface area contributed by atoms with Gasteiger partial charge in [0.15, 0.2) is 0 Å². The van der Waals surface area contributed by atoms with Crippen LogP contribution in [0.5, 0.6) is 0 Å². The first-order valence-corrected chi connectivity index (χ1v) is 4.35. The van der Waals surface area contributed by atoms with Crippen LogP contribution >= 0.6 is 0 Å². The molecule has 1 heterocycles. The fourth-order valence-corrected chi connectivity index (χ4v) is 1.71. The number of nitrogens with zero attached hydrogens (tertiary/aromatic N) is 2. The maximum atomic E-state index is 8.53. The van der Waals surface area contributed by atoms with Gasteiger partial charge in [0.25, 0.3) is 0 Å². The van der Waals surface area contributed by atoms with Crippen molar-refractivity contribution in [2.75, 3.05) is 26.7 Å². The zero-order valence-corrected chi connectivity index (χ0v) is 7.84. The van der Waals surface area contributed by atoms with Crippen LogP contribution in [0.4, 0.5) is 0 Å². The molecular formula is C9H16N2O. The second-order valence-corrected chi connectivity index (χ2v) is 3.63. The summed E-state index contributed by atoms with van der Waals surface area (Å²) in [5, 5.41) is 8.53. The molecule has 0 saturated carbocycles. The number of ether oxygens (including phenoxy) is 1. The molecule has 68 valence electrons. The highest BCUT2D eigenvalue weighted by Gasteiger charge is 2.30. The molecule has 1 fully saturated rings. The first-order chi connectivity index (χ1) is 5.70. The number of piperidine rings is 1. The van der Waals surface area contributed by atoms with Crippen LogP contribution in [0.2, 0.25) is 0 Å². The standard InChI is InChI=1S/C9H16N2O/c1-9(12-2)4-3-6-11(8-9)7-5-10/h3-4,6-8H2,1-2H3. The normalized spacial score (nSPS) is 31.4. The fraction of sp³-hybridized carbons (Fsp3) is 0.889. The minimum Gasteiger partial charge on any atom is -0.377 e. The van der Waals surface area contributed by atoms with Crippen molar-refractivity contribution < 1.29 is 4.74 Å². The quantitative estimate of drug-likeness (QED) is 0.577. The van der Waals surface area contributed by atoms with Crippen molar-refractivity contribution in [2.45, 2.75) is 25.4 Å². The number of nitriles is 1. The van der Waals surface area contributed by atoms with Crippen LogP contribution < -0.4 is 0 Å². The predicted molar refractivity (Wildman–Crippen MR) is 46.7 cm³/mol. The van der Waals surface area contributed by atoms with Crippen LogP contribution in [0, 0.1) is 11.3 Å². The van der Waals surface area contributed by atoms with E-state index >= 15 is 0 Å². The highest BCUT2D eigenvalue weighted by atomic mass is 16.5. The molecule has 0 aromatic heterocycles. The van der Waals surface area contributed by atoms with Crippen molar-refractivity contribution in [3.05, 3.63) is 0 Å². The molecule has 12 heavy (non-hydrogen) atoms. The van der Waals surface area contributed by atoms with Gasteiger partial charge in [0.1, 0.15) is 0 Å². The minimum absolute atomic E-state index is 0.0326. The van der Waals surface area contributed by atoms with Gasteiger partial charge in [-0.2, -0.15) is 5.26 Å². The van der Waals surface area contributed by atoms with Gasteiger partial charge in [-0.3, -0.25) is 4.90 Å². The molecule has 1 aliphatic rings. The van der Waals surface area contributed by atoms with Crippen LogP contribution in [0.25, 0.3) is 0 Å². The van der Waals surface area contributed by atoms with E-state index in [1.54, 1.807) is 7.11 Å². The Balaban J connectivity index is 2.46. The van der Waals surface area contributed by atoms with Gasteiger partial charge in [0.2, 0.25) is 0 Å². The molecule has 0 spiro atoms. The lowest BCUT2D eigenvalue weighted by atomic mass is 9.95.